The zero-order valence-electron chi connectivity index (χ0n) is 14.1. The highest BCUT2D eigenvalue weighted by Gasteiger charge is 2.23. The molecule has 3 rings (SSSR count). The fourth-order valence-electron chi connectivity index (χ4n) is 2.73. The second-order valence-electron chi connectivity index (χ2n) is 5.79. The fourth-order valence-corrected chi connectivity index (χ4v) is 4.17. The van der Waals surface area contributed by atoms with Crippen molar-refractivity contribution in [3.8, 4) is 5.75 Å². The zero-order chi connectivity index (χ0) is 18.7. The summed E-state index contributed by atoms with van der Waals surface area (Å²) in [7, 11) is -2.43. The van der Waals surface area contributed by atoms with Crippen molar-refractivity contribution < 1.29 is 17.9 Å². The van der Waals surface area contributed by atoms with Crippen molar-refractivity contribution in [2.45, 2.75) is 24.3 Å². The van der Waals surface area contributed by atoms with Gasteiger partial charge in [-0.1, -0.05) is 11.6 Å². The van der Waals surface area contributed by atoms with E-state index in [0.29, 0.717) is 29.4 Å². The molecule has 9 heteroatoms. The molecule has 1 amide bonds. The molecule has 0 bridgehead atoms. The molecule has 0 aliphatic carbocycles. The van der Waals surface area contributed by atoms with Gasteiger partial charge in [-0.15, -0.1) is 0 Å². The van der Waals surface area contributed by atoms with Crippen LogP contribution in [0.3, 0.4) is 0 Å². The van der Waals surface area contributed by atoms with E-state index in [1.807, 2.05) is 0 Å². The van der Waals surface area contributed by atoms with Gasteiger partial charge >= 0.3 is 0 Å². The lowest BCUT2D eigenvalue weighted by Gasteiger charge is -2.15. The van der Waals surface area contributed by atoms with E-state index in [0.717, 1.165) is 6.42 Å². The molecule has 0 unspecified atom stereocenters. The van der Waals surface area contributed by atoms with Crippen LogP contribution in [0.1, 0.15) is 18.4 Å². The predicted octanol–water partition coefficient (Wildman–Crippen LogP) is 2.35. The van der Waals surface area contributed by atoms with Gasteiger partial charge in [0.15, 0.2) is 0 Å². The largest absolute Gasteiger partial charge is 0.495 e. The Morgan fingerprint density at radius 1 is 1.31 bits per heavy atom. The van der Waals surface area contributed by atoms with Gasteiger partial charge in [0.2, 0.25) is 15.9 Å². The number of anilines is 1. The van der Waals surface area contributed by atoms with E-state index in [1.165, 1.54) is 19.2 Å². The summed E-state index contributed by atoms with van der Waals surface area (Å²) in [5.41, 5.74) is 0.694. The van der Waals surface area contributed by atoms with Crippen LogP contribution in [0.2, 0.25) is 5.02 Å². The van der Waals surface area contributed by atoms with Crippen molar-refractivity contribution >= 4 is 33.3 Å². The summed E-state index contributed by atoms with van der Waals surface area (Å²) in [4.78, 5) is 17.6. The van der Waals surface area contributed by atoms with Gasteiger partial charge in [0.05, 0.1) is 7.11 Å². The number of aromatic nitrogens is 1. The zero-order valence-corrected chi connectivity index (χ0v) is 15.7. The summed E-state index contributed by atoms with van der Waals surface area (Å²) in [6.07, 6.45) is 2.86. The fraction of sp³-hybridized carbons (Fsp3) is 0.294. The van der Waals surface area contributed by atoms with E-state index >= 15 is 0 Å². The number of amides is 1. The van der Waals surface area contributed by atoms with E-state index in [4.69, 9.17) is 16.3 Å². The van der Waals surface area contributed by atoms with Gasteiger partial charge in [0.1, 0.15) is 16.5 Å². The molecule has 0 atom stereocenters. The molecule has 1 aliphatic rings. The van der Waals surface area contributed by atoms with E-state index in [1.54, 1.807) is 29.3 Å². The van der Waals surface area contributed by atoms with Crippen LogP contribution in [0.15, 0.2) is 41.4 Å². The van der Waals surface area contributed by atoms with Crippen molar-refractivity contribution in [2.24, 2.45) is 0 Å². The van der Waals surface area contributed by atoms with Crippen LogP contribution in [0, 0.1) is 0 Å². The number of halogens is 1. The number of hydrogen-bond donors (Lipinski definition) is 1. The molecule has 2 heterocycles. The number of carbonyl (C=O) groups excluding carboxylic acids is 1. The van der Waals surface area contributed by atoms with Crippen LogP contribution in [0.5, 0.6) is 5.75 Å². The lowest BCUT2D eigenvalue weighted by Crippen LogP contribution is -2.26. The number of rotatable bonds is 6. The van der Waals surface area contributed by atoms with E-state index in [-0.39, 0.29) is 23.1 Å². The maximum Gasteiger partial charge on any atom is 0.244 e. The molecule has 1 saturated heterocycles. The second kappa shape index (κ2) is 7.61. The van der Waals surface area contributed by atoms with E-state index in [2.05, 4.69) is 9.71 Å². The normalized spacial score (nSPS) is 14.7. The Hall–Kier alpha value is -2.16. The summed E-state index contributed by atoms with van der Waals surface area (Å²) >= 11 is 5.91. The minimum atomic E-state index is -3.83. The van der Waals surface area contributed by atoms with E-state index in [9.17, 15) is 13.2 Å². The summed E-state index contributed by atoms with van der Waals surface area (Å²) < 4.78 is 32.8. The molecule has 2 aromatic rings. The maximum atomic E-state index is 12.6. The monoisotopic (exact) mass is 395 g/mol. The first-order valence-electron chi connectivity index (χ1n) is 7.99. The highest BCUT2D eigenvalue weighted by molar-refractivity contribution is 7.89. The molecule has 26 heavy (non-hydrogen) atoms. The summed E-state index contributed by atoms with van der Waals surface area (Å²) in [6, 6.07) is 7.80. The standard InChI is InChI=1S/C17H18ClN3O4S/c1-25-14-5-4-13(18)10-15(14)26(23,24)20-11-12-6-7-19-16(9-12)21-8-2-3-17(21)22/h4-7,9-10,20H,2-3,8,11H2,1H3. The van der Waals surface area contributed by atoms with Crippen molar-refractivity contribution in [1.29, 1.82) is 0 Å². The molecular weight excluding hydrogens is 378 g/mol. The Bertz CT molecular complexity index is 933. The summed E-state index contributed by atoms with van der Waals surface area (Å²) in [5.74, 6) is 0.767. The van der Waals surface area contributed by atoms with Gasteiger partial charge in [-0.25, -0.2) is 18.1 Å². The van der Waals surface area contributed by atoms with Crippen LogP contribution >= 0.6 is 11.6 Å². The predicted molar refractivity (Wildman–Crippen MR) is 97.9 cm³/mol. The number of sulfonamides is 1. The molecule has 0 spiro atoms. The first kappa shape index (κ1) is 18.6. The van der Waals surface area contributed by atoms with Crippen molar-refractivity contribution in [3.63, 3.8) is 0 Å². The average molecular weight is 396 g/mol. The summed E-state index contributed by atoms with van der Waals surface area (Å²) in [5, 5.41) is 0.296. The number of nitrogens with one attached hydrogen (secondary N) is 1. The lowest BCUT2D eigenvalue weighted by atomic mass is 10.2. The minimum absolute atomic E-state index is 0.0268. The topological polar surface area (TPSA) is 88.6 Å². The third-order valence-corrected chi connectivity index (χ3v) is 5.70. The third-order valence-electron chi connectivity index (χ3n) is 4.04. The van der Waals surface area contributed by atoms with Crippen molar-refractivity contribution in [1.82, 2.24) is 9.71 Å². The smallest absolute Gasteiger partial charge is 0.244 e. The van der Waals surface area contributed by atoms with Gasteiger partial charge in [-0.3, -0.25) is 9.69 Å². The number of nitrogens with zero attached hydrogens (tertiary/aromatic N) is 2. The van der Waals surface area contributed by atoms with E-state index < -0.39 is 10.0 Å². The molecule has 0 radical (unpaired) electrons. The van der Waals surface area contributed by atoms with Crippen LogP contribution in [0.4, 0.5) is 5.82 Å². The molecule has 1 aromatic heterocycles. The SMILES string of the molecule is COc1ccc(Cl)cc1S(=O)(=O)NCc1ccnc(N2CCCC2=O)c1. The Morgan fingerprint density at radius 2 is 2.12 bits per heavy atom. The number of carbonyl (C=O) groups is 1. The molecular formula is C17H18ClN3O4S. The third kappa shape index (κ3) is 3.98. The van der Waals surface area contributed by atoms with Crippen LogP contribution in [-0.4, -0.2) is 33.0 Å². The molecule has 0 saturated carbocycles. The Balaban J connectivity index is 1.78. The quantitative estimate of drug-likeness (QED) is 0.811. The first-order chi connectivity index (χ1) is 12.4. The maximum absolute atomic E-state index is 12.6. The lowest BCUT2D eigenvalue weighted by molar-refractivity contribution is -0.117. The van der Waals surface area contributed by atoms with Gasteiger partial charge < -0.3 is 4.74 Å². The number of pyridine rings is 1. The number of ether oxygens (including phenoxy) is 1. The molecule has 1 aromatic carbocycles. The highest BCUT2D eigenvalue weighted by Crippen LogP contribution is 2.27. The number of methoxy groups -OCH3 is 1. The van der Waals surface area contributed by atoms with Crippen LogP contribution in [-0.2, 0) is 21.4 Å². The Labute approximate surface area is 157 Å². The molecule has 138 valence electrons. The highest BCUT2D eigenvalue weighted by atomic mass is 35.5. The van der Waals surface area contributed by atoms with Crippen molar-refractivity contribution in [3.05, 3.63) is 47.1 Å². The van der Waals surface area contributed by atoms with Gasteiger partial charge in [-0.05, 0) is 42.3 Å². The molecule has 1 fully saturated rings. The van der Waals surface area contributed by atoms with Crippen molar-refractivity contribution in [2.75, 3.05) is 18.6 Å². The van der Waals surface area contributed by atoms with Gasteiger partial charge in [0.25, 0.3) is 0 Å². The Kier molecular flexibility index (Phi) is 5.45. The second-order valence-corrected chi connectivity index (χ2v) is 7.96. The summed E-state index contributed by atoms with van der Waals surface area (Å²) in [6.45, 7) is 0.677. The minimum Gasteiger partial charge on any atom is -0.495 e. The van der Waals surface area contributed by atoms with Gasteiger partial charge in [-0.2, -0.15) is 0 Å². The number of hydrogen-bond acceptors (Lipinski definition) is 5. The first-order valence-corrected chi connectivity index (χ1v) is 9.85. The molecule has 1 N–H and O–H groups in total. The average Bonchev–Trinajstić information content (AvgIpc) is 3.06. The Morgan fingerprint density at radius 3 is 2.81 bits per heavy atom. The molecule has 7 nitrogen and oxygen atoms in total. The van der Waals surface area contributed by atoms with Gasteiger partial charge in [0, 0.05) is 30.7 Å². The van der Waals surface area contributed by atoms with Crippen LogP contribution in [0.25, 0.3) is 0 Å². The number of benzene rings is 1. The van der Waals surface area contributed by atoms with Crippen LogP contribution < -0.4 is 14.4 Å². The molecule has 1 aliphatic heterocycles.